The largest absolute Gasteiger partial charge is 0.478 e. The molecule has 0 radical (unpaired) electrons. The van der Waals surface area contributed by atoms with Crippen LogP contribution >= 0.6 is 11.6 Å². The summed E-state index contributed by atoms with van der Waals surface area (Å²) in [6.45, 7) is 0.496. The Morgan fingerprint density at radius 3 is 2.71 bits per heavy atom. The second-order valence-electron chi connectivity index (χ2n) is 4.84. The maximum Gasteiger partial charge on any atom is 0.337 e. The zero-order chi connectivity index (χ0) is 15.6. The SMILES string of the molecule is O=C(O)c1cc(S(=O)(=O)CC2CCCCO2)cc(F)c1Cl. The molecule has 1 aliphatic rings. The van der Waals surface area contributed by atoms with Gasteiger partial charge in [0.2, 0.25) is 0 Å². The predicted octanol–water partition coefficient (Wildman–Crippen LogP) is 2.52. The smallest absolute Gasteiger partial charge is 0.337 e. The van der Waals surface area contributed by atoms with E-state index in [1.165, 1.54) is 0 Å². The quantitative estimate of drug-likeness (QED) is 0.913. The van der Waals surface area contributed by atoms with Gasteiger partial charge in [-0.25, -0.2) is 17.6 Å². The van der Waals surface area contributed by atoms with Gasteiger partial charge >= 0.3 is 5.97 Å². The van der Waals surface area contributed by atoms with Gasteiger partial charge in [-0.1, -0.05) is 11.6 Å². The van der Waals surface area contributed by atoms with Crippen molar-refractivity contribution in [3.63, 3.8) is 0 Å². The van der Waals surface area contributed by atoms with Crippen molar-refractivity contribution in [2.45, 2.75) is 30.3 Å². The summed E-state index contributed by atoms with van der Waals surface area (Å²) < 4.78 is 43.5. The maximum atomic E-state index is 13.6. The molecule has 2 rings (SSSR count). The molecule has 1 atom stereocenters. The number of halogens is 2. The van der Waals surface area contributed by atoms with Gasteiger partial charge in [0.25, 0.3) is 0 Å². The highest BCUT2D eigenvalue weighted by Gasteiger charge is 2.26. The molecule has 0 aliphatic carbocycles. The lowest BCUT2D eigenvalue weighted by atomic mass is 10.1. The number of hydrogen-bond acceptors (Lipinski definition) is 4. The molecule has 1 aromatic carbocycles. The topological polar surface area (TPSA) is 80.7 Å². The van der Waals surface area contributed by atoms with Gasteiger partial charge in [-0.15, -0.1) is 0 Å². The minimum atomic E-state index is -3.84. The fourth-order valence-corrected chi connectivity index (χ4v) is 3.89. The highest BCUT2D eigenvalue weighted by Crippen LogP contribution is 2.26. The summed E-state index contributed by atoms with van der Waals surface area (Å²) in [5, 5.41) is 8.33. The van der Waals surface area contributed by atoms with Crippen LogP contribution in [0, 0.1) is 5.82 Å². The van der Waals surface area contributed by atoms with Crippen molar-refractivity contribution >= 4 is 27.4 Å². The van der Waals surface area contributed by atoms with E-state index < -0.39 is 43.2 Å². The molecule has 21 heavy (non-hydrogen) atoms. The molecule has 1 aromatic rings. The van der Waals surface area contributed by atoms with Crippen molar-refractivity contribution in [3.05, 3.63) is 28.5 Å². The minimum absolute atomic E-state index is 0.298. The first-order chi connectivity index (χ1) is 9.81. The Kier molecular flexibility index (Phi) is 4.85. The van der Waals surface area contributed by atoms with E-state index in [-0.39, 0.29) is 5.75 Å². The fraction of sp³-hybridized carbons (Fsp3) is 0.462. The lowest BCUT2D eigenvalue weighted by molar-refractivity contribution is 0.0305. The van der Waals surface area contributed by atoms with Crippen LogP contribution in [0.5, 0.6) is 0 Å². The van der Waals surface area contributed by atoms with Crippen molar-refractivity contribution in [2.75, 3.05) is 12.4 Å². The lowest BCUT2D eigenvalue weighted by Gasteiger charge is -2.22. The fourth-order valence-electron chi connectivity index (χ4n) is 2.18. The van der Waals surface area contributed by atoms with Crippen molar-refractivity contribution in [3.8, 4) is 0 Å². The number of carbonyl (C=O) groups is 1. The Labute approximate surface area is 126 Å². The third-order valence-electron chi connectivity index (χ3n) is 3.27. The average molecular weight is 337 g/mol. The van der Waals surface area contributed by atoms with Gasteiger partial charge in [0.15, 0.2) is 9.84 Å². The van der Waals surface area contributed by atoms with Gasteiger partial charge in [-0.05, 0) is 31.4 Å². The number of sulfone groups is 1. The average Bonchev–Trinajstić information content (AvgIpc) is 2.41. The third kappa shape index (κ3) is 3.72. The molecule has 1 N–H and O–H groups in total. The monoisotopic (exact) mass is 336 g/mol. The molecule has 1 aliphatic heterocycles. The number of rotatable bonds is 4. The number of ether oxygens (including phenoxy) is 1. The molecule has 8 heteroatoms. The zero-order valence-electron chi connectivity index (χ0n) is 11.0. The Morgan fingerprint density at radius 1 is 1.43 bits per heavy atom. The number of hydrogen-bond donors (Lipinski definition) is 1. The summed E-state index contributed by atoms with van der Waals surface area (Å²) in [5.74, 6) is -2.85. The number of benzene rings is 1. The van der Waals surface area contributed by atoms with Crippen LogP contribution in [0.15, 0.2) is 17.0 Å². The molecule has 1 heterocycles. The maximum absolute atomic E-state index is 13.6. The van der Waals surface area contributed by atoms with E-state index in [4.69, 9.17) is 21.4 Å². The number of carboxylic acid groups (broad SMARTS) is 1. The van der Waals surface area contributed by atoms with Crippen molar-refractivity contribution in [2.24, 2.45) is 0 Å². The lowest BCUT2D eigenvalue weighted by Crippen LogP contribution is -2.28. The molecular weight excluding hydrogens is 323 g/mol. The standard InChI is InChI=1S/C13H14ClFO5S/c14-12-10(13(16)17)5-9(6-11(12)15)21(18,19)7-8-3-1-2-4-20-8/h5-6,8H,1-4,7H2,(H,16,17). The van der Waals surface area contributed by atoms with Crippen LogP contribution in [0.1, 0.15) is 29.6 Å². The van der Waals surface area contributed by atoms with Crippen LogP contribution in [-0.2, 0) is 14.6 Å². The Hall–Kier alpha value is -1.18. The van der Waals surface area contributed by atoms with Crippen molar-refractivity contribution < 1.29 is 27.4 Å². The summed E-state index contributed by atoms with van der Waals surface area (Å²) in [4.78, 5) is 10.6. The molecule has 116 valence electrons. The molecular formula is C13H14ClFO5S. The van der Waals surface area contributed by atoms with Crippen LogP contribution in [-0.4, -0.2) is 38.0 Å². The van der Waals surface area contributed by atoms with Crippen molar-refractivity contribution in [1.29, 1.82) is 0 Å². The van der Waals surface area contributed by atoms with Gasteiger partial charge in [0, 0.05) is 6.61 Å². The first kappa shape index (κ1) is 16.2. The van der Waals surface area contributed by atoms with Gasteiger partial charge in [0.05, 0.1) is 27.3 Å². The van der Waals surface area contributed by atoms with E-state index >= 15 is 0 Å². The van der Waals surface area contributed by atoms with Crippen molar-refractivity contribution in [1.82, 2.24) is 0 Å². The summed E-state index contributed by atoms with van der Waals surface area (Å²) in [7, 11) is -3.84. The molecule has 1 fully saturated rings. The Bertz CT molecular complexity index is 653. The third-order valence-corrected chi connectivity index (χ3v) is 5.42. The van der Waals surface area contributed by atoms with E-state index in [9.17, 15) is 17.6 Å². The number of carboxylic acids is 1. The second kappa shape index (κ2) is 6.29. The van der Waals surface area contributed by atoms with Gasteiger partial charge in [0.1, 0.15) is 5.82 Å². The molecule has 0 amide bonds. The summed E-state index contributed by atoms with van der Waals surface area (Å²) in [6.07, 6.45) is 1.92. The summed E-state index contributed by atoms with van der Waals surface area (Å²) in [5.41, 5.74) is -0.570. The molecule has 1 unspecified atom stereocenters. The normalized spacial score (nSPS) is 19.4. The molecule has 0 aromatic heterocycles. The Balaban J connectivity index is 2.33. The molecule has 0 spiro atoms. The van der Waals surface area contributed by atoms with E-state index in [0.29, 0.717) is 13.0 Å². The van der Waals surface area contributed by atoms with E-state index in [0.717, 1.165) is 25.0 Å². The van der Waals surface area contributed by atoms with Crippen LogP contribution in [0.3, 0.4) is 0 Å². The van der Waals surface area contributed by atoms with Gasteiger partial charge in [-0.3, -0.25) is 0 Å². The van der Waals surface area contributed by atoms with Crippen LogP contribution < -0.4 is 0 Å². The summed E-state index contributed by atoms with van der Waals surface area (Å²) >= 11 is 5.53. The minimum Gasteiger partial charge on any atom is -0.478 e. The first-order valence-electron chi connectivity index (χ1n) is 6.38. The van der Waals surface area contributed by atoms with Crippen LogP contribution in [0.4, 0.5) is 4.39 Å². The van der Waals surface area contributed by atoms with Crippen LogP contribution in [0.25, 0.3) is 0 Å². The summed E-state index contributed by atoms with van der Waals surface area (Å²) in [6, 6.07) is 1.62. The van der Waals surface area contributed by atoms with Gasteiger partial charge < -0.3 is 9.84 Å². The van der Waals surface area contributed by atoms with E-state index in [2.05, 4.69) is 0 Å². The van der Waals surface area contributed by atoms with E-state index in [1.54, 1.807) is 0 Å². The zero-order valence-corrected chi connectivity index (χ0v) is 12.6. The van der Waals surface area contributed by atoms with Gasteiger partial charge in [-0.2, -0.15) is 0 Å². The first-order valence-corrected chi connectivity index (χ1v) is 8.41. The predicted molar refractivity (Wildman–Crippen MR) is 74.0 cm³/mol. The highest BCUT2D eigenvalue weighted by molar-refractivity contribution is 7.91. The molecule has 0 saturated carbocycles. The van der Waals surface area contributed by atoms with Crippen LogP contribution in [0.2, 0.25) is 5.02 Å². The Morgan fingerprint density at radius 2 is 2.14 bits per heavy atom. The molecule has 1 saturated heterocycles. The highest BCUT2D eigenvalue weighted by atomic mass is 35.5. The van der Waals surface area contributed by atoms with E-state index in [1.807, 2.05) is 0 Å². The second-order valence-corrected chi connectivity index (χ2v) is 7.25. The number of aromatic carboxylic acids is 1. The molecule has 0 bridgehead atoms. The molecule has 5 nitrogen and oxygen atoms in total.